The van der Waals surface area contributed by atoms with Gasteiger partial charge in [0.25, 0.3) is 0 Å². The zero-order valence-corrected chi connectivity index (χ0v) is 9.32. The lowest BCUT2D eigenvalue weighted by Gasteiger charge is -2.39. The Morgan fingerprint density at radius 3 is 2.93 bits per heavy atom. The summed E-state index contributed by atoms with van der Waals surface area (Å²) >= 11 is 0. The monoisotopic (exact) mass is 214 g/mol. The lowest BCUT2D eigenvalue weighted by Crippen LogP contribution is -2.49. The molecule has 1 saturated carbocycles. The normalized spacial score (nSPS) is 39.9. The molecule has 4 nitrogen and oxygen atoms in total. The predicted octanol–water partition coefficient (Wildman–Crippen LogP) is 1.28. The first kappa shape index (κ1) is 10.9. The number of carbonyl (C=O) groups is 1. The van der Waals surface area contributed by atoms with Gasteiger partial charge in [0.1, 0.15) is 0 Å². The summed E-state index contributed by atoms with van der Waals surface area (Å²) in [7, 11) is 1.40. The molecule has 0 radical (unpaired) electrons. The molecule has 0 bridgehead atoms. The molecule has 1 heterocycles. The molecular weight excluding hydrogens is 196 g/mol. The van der Waals surface area contributed by atoms with Crippen LogP contribution in [0.3, 0.4) is 0 Å². The Morgan fingerprint density at radius 1 is 1.47 bits per heavy atom. The van der Waals surface area contributed by atoms with Crippen LogP contribution >= 0.6 is 0 Å². The Morgan fingerprint density at radius 2 is 2.20 bits per heavy atom. The lowest BCUT2D eigenvalue weighted by atomic mass is 10.0. The second-order valence-corrected chi connectivity index (χ2v) is 4.64. The average molecular weight is 214 g/mol. The molecule has 0 spiro atoms. The largest absolute Gasteiger partial charge is 0.469 e. The molecule has 0 aromatic rings. The van der Waals surface area contributed by atoms with Gasteiger partial charge in [-0.1, -0.05) is 0 Å². The summed E-state index contributed by atoms with van der Waals surface area (Å²) in [6, 6.07) is 0. The summed E-state index contributed by atoms with van der Waals surface area (Å²) in [5, 5.41) is 0. The summed E-state index contributed by atoms with van der Waals surface area (Å²) in [5.74, 6) is -0.238. The quantitative estimate of drug-likeness (QED) is 0.649. The number of ether oxygens (including phenoxy) is 3. The van der Waals surface area contributed by atoms with Gasteiger partial charge in [-0.3, -0.25) is 4.79 Å². The Labute approximate surface area is 89.9 Å². The number of methoxy groups -OCH3 is 1. The van der Waals surface area contributed by atoms with Gasteiger partial charge in [0.2, 0.25) is 0 Å². The number of rotatable bonds is 2. The fourth-order valence-electron chi connectivity index (χ4n) is 2.37. The summed E-state index contributed by atoms with van der Waals surface area (Å²) < 4.78 is 16.3. The molecule has 15 heavy (non-hydrogen) atoms. The first-order chi connectivity index (χ1) is 7.13. The van der Waals surface area contributed by atoms with Crippen LogP contribution in [0.4, 0.5) is 0 Å². The van der Waals surface area contributed by atoms with Crippen LogP contribution < -0.4 is 0 Å². The van der Waals surface area contributed by atoms with Crippen molar-refractivity contribution >= 4 is 5.97 Å². The van der Waals surface area contributed by atoms with Crippen molar-refractivity contribution in [3.8, 4) is 0 Å². The van der Waals surface area contributed by atoms with E-state index in [0.717, 1.165) is 19.3 Å². The number of carbonyl (C=O) groups excluding carboxylic acids is 1. The summed E-state index contributed by atoms with van der Waals surface area (Å²) in [5.41, 5.74) is -0.501. The van der Waals surface area contributed by atoms with Crippen LogP contribution in [0.1, 0.15) is 32.6 Å². The first-order valence-electron chi connectivity index (χ1n) is 5.49. The van der Waals surface area contributed by atoms with E-state index < -0.39 is 5.60 Å². The highest BCUT2D eigenvalue weighted by atomic mass is 16.6. The molecule has 0 N–H and O–H groups in total. The maximum atomic E-state index is 11.2. The van der Waals surface area contributed by atoms with Gasteiger partial charge in [-0.15, -0.1) is 0 Å². The Balaban J connectivity index is 1.95. The van der Waals surface area contributed by atoms with E-state index in [1.807, 2.05) is 6.92 Å². The molecule has 1 aliphatic carbocycles. The van der Waals surface area contributed by atoms with E-state index in [2.05, 4.69) is 4.74 Å². The van der Waals surface area contributed by atoms with Crippen molar-refractivity contribution < 1.29 is 19.0 Å². The van der Waals surface area contributed by atoms with Crippen LogP contribution in [0.2, 0.25) is 0 Å². The minimum atomic E-state index is -0.501. The SMILES string of the molecule is COC(=O)C[C@]1(C)CO[C@@H]2CCC[C@@H]2O1. The standard InChI is InChI=1S/C11H18O4/c1-11(6-10(12)13-2)7-14-8-4-3-5-9(8)15-11/h8-9H,3-7H2,1-2H3/t8-,9+,11-/m1/s1. The van der Waals surface area contributed by atoms with E-state index in [1.165, 1.54) is 7.11 Å². The van der Waals surface area contributed by atoms with E-state index in [4.69, 9.17) is 9.47 Å². The van der Waals surface area contributed by atoms with Crippen molar-refractivity contribution in [3.05, 3.63) is 0 Å². The molecule has 1 aliphatic heterocycles. The lowest BCUT2D eigenvalue weighted by molar-refractivity contribution is -0.219. The third kappa shape index (κ3) is 2.32. The highest BCUT2D eigenvalue weighted by Gasteiger charge is 2.43. The Hall–Kier alpha value is -0.610. The molecule has 0 unspecified atom stereocenters. The summed E-state index contributed by atoms with van der Waals surface area (Å²) in [6.45, 7) is 2.40. The molecule has 0 amide bonds. The third-order valence-electron chi connectivity index (χ3n) is 3.18. The van der Waals surface area contributed by atoms with Crippen molar-refractivity contribution in [2.45, 2.75) is 50.4 Å². The van der Waals surface area contributed by atoms with Crippen molar-refractivity contribution in [3.63, 3.8) is 0 Å². The van der Waals surface area contributed by atoms with Gasteiger partial charge in [0.05, 0.1) is 37.9 Å². The average Bonchev–Trinajstić information content (AvgIpc) is 2.63. The van der Waals surface area contributed by atoms with Gasteiger partial charge >= 0.3 is 5.97 Å². The number of hydrogen-bond acceptors (Lipinski definition) is 4. The minimum Gasteiger partial charge on any atom is -0.469 e. The fourth-order valence-corrected chi connectivity index (χ4v) is 2.37. The van der Waals surface area contributed by atoms with Crippen molar-refractivity contribution in [2.75, 3.05) is 13.7 Å². The van der Waals surface area contributed by atoms with Gasteiger partial charge in [-0.2, -0.15) is 0 Å². The van der Waals surface area contributed by atoms with Crippen LogP contribution in [-0.4, -0.2) is 37.5 Å². The number of hydrogen-bond donors (Lipinski definition) is 0. The van der Waals surface area contributed by atoms with Gasteiger partial charge in [-0.25, -0.2) is 0 Å². The van der Waals surface area contributed by atoms with Gasteiger partial charge < -0.3 is 14.2 Å². The first-order valence-corrected chi connectivity index (χ1v) is 5.49. The van der Waals surface area contributed by atoms with Gasteiger partial charge in [0, 0.05) is 0 Å². The molecule has 0 aromatic carbocycles. The predicted molar refractivity (Wildman–Crippen MR) is 53.5 cm³/mol. The molecule has 3 atom stereocenters. The topological polar surface area (TPSA) is 44.8 Å². The van der Waals surface area contributed by atoms with Crippen molar-refractivity contribution in [2.24, 2.45) is 0 Å². The zero-order chi connectivity index (χ0) is 10.9. The van der Waals surface area contributed by atoms with Crippen LogP contribution in [0.25, 0.3) is 0 Å². The zero-order valence-electron chi connectivity index (χ0n) is 9.32. The van der Waals surface area contributed by atoms with Gasteiger partial charge in [0.15, 0.2) is 0 Å². The fraction of sp³-hybridized carbons (Fsp3) is 0.909. The molecule has 2 rings (SSSR count). The van der Waals surface area contributed by atoms with Crippen LogP contribution in [-0.2, 0) is 19.0 Å². The van der Waals surface area contributed by atoms with Crippen LogP contribution in [0, 0.1) is 0 Å². The maximum Gasteiger partial charge on any atom is 0.308 e. The molecule has 4 heteroatoms. The summed E-state index contributed by atoms with van der Waals surface area (Å²) in [4.78, 5) is 11.2. The second-order valence-electron chi connectivity index (χ2n) is 4.64. The molecule has 2 aliphatic rings. The third-order valence-corrected chi connectivity index (χ3v) is 3.18. The van der Waals surface area contributed by atoms with E-state index in [1.54, 1.807) is 0 Å². The molecule has 1 saturated heterocycles. The molecule has 0 aromatic heterocycles. The van der Waals surface area contributed by atoms with E-state index in [0.29, 0.717) is 6.61 Å². The van der Waals surface area contributed by atoms with Crippen molar-refractivity contribution in [1.29, 1.82) is 0 Å². The Kier molecular flexibility index (Phi) is 2.98. The Bertz CT molecular complexity index is 253. The van der Waals surface area contributed by atoms with E-state index >= 15 is 0 Å². The van der Waals surface area contributed by atoms with E-state index in [-0.39, 0.29) is 24.6 Å². The minimum absolute atomic E-state index is 0.174. The molecule has 86 valence electrons. The highest BCUT2D eigenvalue weighted by Crippen LogP contribution is 2.35. The van der Waals surface area contributed by atoms with E-state index in [9.17, 15) is 4.79 Å². The van der Waals surface area contributed by atoms with Crippen LogP contribution in [0.15, 0.2) is 0 Å². The molecule has 2 fully saturated rings. The van der Waals surface area contributed by atoms with Gasteiger partial charge in [-0.05, 0) is 26.2 Å². The summed E-state index contributed by atoms with van der Waals surface area (Å²) in [6.07, 6.45) is 3.97. The second kappa shape index (κ2) is 4.10. The highest BCUT2D eigenvalue weighted by molar-refractivity contribution is 5.70. The maximum absolute atomic E-state index is 11.2. The smallest absolute Gasteiger partial charge is 0.308 e. The van der Waals surface area contributed by atoms with Crippen LogP contribution in [0.5, 0.6) is 0 Å². The number of esters is 1. The van der Waals surface area contributed by atoms with Crippen molar-refractivity contribution in [1.82, 2.24) is 0 Å². The molecular formula is C11H18O4. The number of fused-ring (bicyclic) bond motifs is 1.